The van der Waals surface area contributed by atoms with Gasteiger partial charge in [-0.05, 0) is 6.92 Å². The van der Waals surface area contributed by atoms with Crippen LogP contribution in [0.5, 0.6) is 0 Å². The molecule has 0 unspecified atom stereocenters. The third-order valence-electron chi connectivity index (χ3n) is 1.59. The first kappa shape index (κ1) is 6.27. The van der Waals surface area contributed by atoms with E-state index in [1.165, 1.54) is 12.5 Å². The van der Waals surface area contributed by atoms with Crippen LogP contribution in [0.1, 0.15) is 5.69 Å². The molecule has 2 heterocycles. The molecule has 0 fully saturated rings. The van der Waals surface area contributed by atoms with E-state index >= 15 is 0 Å². The Kier molecular flexibility index (Phi) is 1.15. The van der Waals surface area contributed by atoms with Gasteiger partial charge in [-0.3, -0.25) is 4.98 Å². The number of aromatic nitrogens is 3. The van der Waals surface area contributed by atoms with Crippen molar-refractivity contribution in [2.24, 2.45) is 0 Å². The molecule has 0 saturated carbocycles. The Balaban J connectivity index is 2.96. The molecular formula is C7H6FN3. The van der Waals surface area contributed by atoms with E-state index in [4.69, 9.17) is 0 Å². The van der Waals surface area contributed by atoms with Crippen LogP contribution in [0, 0.1) is 12.7 Å². The standard InChI is InChI=1S/C7H6FN3/c1-4-6-7(11-3-10-6)5(8)2-9-4/h2-3H,1H3,(H,10,11). The van der Waals surface area contributed by atoms with Crippen molar-refractivity contribution in [1.29, 1.82) is 0 Å². The van der Waals surface area contributed by atoms with E-state index in [-0.39, 0.29) is 5.82 Å². The van der Waals surface area contributed by atoms with Gasteiger partial charge in [0, 0.05) is 0 Å². The van der Waals surface area contributed by atoms with Crippen LogP contribution >= 0.6 is 0 Å². The predicted molar refractivity (Wildman–Crippen MR) is 38.6 cm³/mol. The molecule has 0 saturated heterocycles. The van der Waals surface area contributed by atoms with Crippen LogP contribution < -0.4 is 0 Å². The number of H-pyrrole nitrogens is 1. The molecule has 1 N–H and O–H groups in total. The maximum absolute atomic E-state index is 12.9. The van der Waals surface area contributed by atoms with Gasteiger partial charge in [0.15, 0.2) is 5.82 Å². The van der Waals surface area contributed by atoms with Gasteiger partial charge in [-0.1, -0.05) is 0 Å². The van der Waals surface area contributed by atoms with Crippen molar-refractivity contribution in [3.8, 4) is 0 Å². The Morgan fingerprint density at radius 1 is 1.45 bits per heavy atom. The molecule has 0 spiro atoms. The van der Waals surface area contributed by atoms with Crippen molar-refractivity contribution in [3.63, 3.8) is 0 Å². The topological polar surface area (TPSA) is 41.6 Å². The Labute approximate surface area is 62.3 Å². The number of fused-ring (bicyclic) bond motifs is 1. The minimum absolute atomic E-state index is 0.358. The van der Waals surface area contributed by atoms with E-state index in [2.05, 4.69) is 15.0 Å². The van der Waals surface area contributed by atoms with Gasteiger partial charge in [0.25, 0.3) is 0 Å². The molecule has 3 nitrogen and oxygen atoms in total. The van der Waals surface area contributed by atoms with Crippen molar-refractivity contribution in [2.45, 2.75) is 6.92 Å². The molecule has 0 radical (unpaired) electrons. The van der Waals surface area contributed by atoms with Crippen molar-refractivity contribution in [2.75, 3.05) is 0 Å². The quantitative estimate of drug-likeness (QED) is 0.618. The van der Waals surface area contributed by atoms with Crippen molar-refractivity contribution in [3.05, 3.63) is 24.0 Å². The highest BCUT2D eigenvalue weighted by Gasteiger charge is 2.04. The fraction of sp³-hybridized carbons (Fsp3) is 0.143. The summed E-state index contributed by atoms with van der Waals surface area (Å²) in [5.41, 5.74) is 1.77. The van der Waals surface area contributed by atoms with E-state index in [1.807, 2.05) is 0 Å². The highest BCUT2D eigenvalue weighted by atomic mass is 19.1. The van der Waals surface area contributed by atoms with Gasteiger partial charge in [0.2, 0.25) is 0 Å². The molecule has 0 aromatic carbocycles. The molecule has 0 bridgehead atoms. The summed E-state index contributed by atoms with van der Waals surface area (Å²) in [4.78, 5) is 10.4. The summed E-state index contributed by atoms with van der Waals surface area (Å²) in [6.07, 6.45) is 2.65. The molecule has 0 aliphatic heterocycles. The number of hydrogen-bond donors (Lipinski definition) is 1. The number of nitrogens with one attached hydrogen (secondary N) is 1. The number of rotatable bonds is 0. The summed E-state index contributed by atoms with van der Waals surface area (Å²) in [6.45, 7) is 1.79. The van der Waals surface area contributed by atoms with Gasteiger partial charge in [-0.2, -0.15) is 0 Å². The predicted octanol–water partition coefficient (Wildman–Crippen LogP) is 1.41. The molecule has 56 valence electrons. The summed E-state index contributed by atoms with van der Waals surface area (Å²) in [6, 6.07) is 0. The fourth-order valence-electron chi connectivity index (χ4n) is 1.03. The summed E-state index contributed by atoms with van der Waals surface area (Å²) in [5, 5.41) is 0. The van der Waals surface area contributed by atoms with Gasteiger partial charge >= 0.3 is 0 Å². The van der Waals surface area contributed by atoms with Gasteiger partial charge < -0.3 is 4.98 Å². The van der Waals surface area contributed by atoms with Crippen LogP contribution in [0.15, 0.2) is 12.5 Å². The lowest BCUT2D eigenvalue weighted by Crippen LogP contribution is -1.86. The van der Waals surface area contributed by atoms with Crippen LogP contribution in [-0.4, -0.2) is 15.0 Å². The molecule has 11 heavy (non-hydrogen) atoms. The van der Waals surface area contributed by atoms with Crippen molar-refractivity contribution in [1.82, 2.24) is 15.0 Å². The van der Waals surface area contributed by atoms with E-state index in [1.54, 1.807) is 6.92 Å². The lowest BCUT2D eigenvalue weighted by Gasteiger charge is -1.92. The molecule has 0 atom stereocenters. The van der Waals surface area contributed by atoms with Crippen LogP contribution in [0.25, 0.3) is 11.0 Å². The second-order valence-electron chi connectivity index (χ2n) is 2.32. The van der Waals surface area contributed by atoms with Crippen LogP contribution in [0.3, 0.4) is 0 Å². The van der Waals surface area contributed by atoms with Crippen molar-refractivity contribution >= 4 is 11.0 Å². The third kappa shape index (κ3) is 0.790. The number of pyridine rings is 1. The number of halogens is 1. The molecule has 4 heteroatoms. The zero-order valence-electron chi connectivity index (χ0n) is 5.93. The minimum atomic E-state index is -0.358. The lowest BCUT2D eigenvalue weighted by molar-refractivity contribution is 0.630. The Bertz CT molecular complexity index is 357. The molecule has 0 aliphatic carbocycles. The monoisotopic (exact) mass is 151 g/mol. The first-order valence-electron chi connectivity index (χ1n) is 3.23. The summed E-state index contributed by atoms with van der Waals surface area (Å²) >= 11 is 0. The molecule has 0 aliphatic rings. The Morgan fingerprint density at radius 2 is 2.27 bits per heavy atom. The van der Waals surface area contributed by atoms with Gasteiger partial charge in [0.1, 0.15) is 11.0 Å². The first-order chi connectivity index (χ1) is 5.29. The Morgan fingerprint density at radius 3 is 3.00 bits per heavy atom. The average molecular weight is 151 g/mol. The van der Waals surface area contributed by atoms with Gasteiger partial charge in [-0.25, -0.2) is 9.37 Å². The number of hydrogen-bond acceptors (Lipinski definition) is 2. The number of aromatic amines is 1. The second kappa shape index (κ2) is 2.02. The zero-order valence-corrected chi connectivity index (χ0v) is 5.93. The average Bonchev–Trinajstić information content (AvgIpc) is 2.45. The van der Waals surface area contributed by atoms with Gasteiger partial charge in [-0.15, -0.1) is 0 Å². The molecule has 2 aromatic heterocycles. The molecule has 0 amide bonds. The number of imidazole rings is 1. The molecule has 2 aromatic rings. The number of aryl methyl sites for hydroxylation is 1. The van der Waals surface area contributed by atoms with E-state index in [9.17, 15) is 4.39 Å². The summed E-state index contributed by atoms with van der Waals surface area (Å²) in [7, 11) is 0. The maximum Gasteiger partial charge on any atom is 0.167 e. The van der Waals surface area contributed by atoms with E-state index < -0.39 is 0 Å². The van der Waals surface area contributed by atoms with E-state index in [0.29, 0.717) is 11.0 Å². The molecule has 2 rings (SSSR count). The second-order valence-corrected chi connectivity index (χ2v) is 2.32. The third-order valence-corrected chi connectivity index (χ3v) is 1.59. The van der Waals surface area contributed by atoms with Crippen LogP contribution in [-0.2, 0) is 0 Å². The van der Waals surface area contributed by atoms with Crippen molar-refractivity contribution < 1.29 is 4.39 Å². The van der Waals surface area contributed by atoms with Crippen LogP contribution in [0.2, 0.25) is 0 Å². The minimum Gasteiger partial charge on any atom is -0.342 e. The highest BCUT2D eigenvalue weighted by Crippen LogP contribution is 2.14. The van der Waals surface area contributed by atoms with Crippen LogP contribution in [0.4, 0.5) is 4.39 Å². The SMILES string of the molecule is Cc1ncc(F)c2[nH]cnc12. The lowest BCUT2D eigenvalue weighted by atomic mass is 10.3. The molecular weight excluding hydrogens is 145 g/mol. The van der Waals surface area contributed by atoms with Gasteiger partial charge in [0.05, 0.1) is 18.2 Å². The smallest absolute Gasteiger partial charge is 0.167 e. The largest absolute Gasteiger partial charge is 0.342 e. The number of nitrogens with zero attached hydrogens (tertiary/aromatic N) is 2. The normalized spacial score (nSPS) is 10.7. The first-order valence-corrected chi connectivity index (χ1v) is 3.23. The summed E-state index contributed by atoms with van der Waals surface area (Å²) in [5.74, 6) is -0.358. The van der Waals surface area contributed by atoms with E-state index in [0.717, 1.165) is 5.69 Å². The Hall–Kier alpha value is -1.45. The highest BCUT2D eigenvalue weighted by molar-refractivity contribution is 5.76. The summed E-state index contributed by atoms with van der Waals surface area (Å²) < 4.78 is 12.9. The zero-order chi connectivity index (χ0) is 7.84. The fourth-order valence-corrected chi connectivity index (χ4v) is 1.03. The maximum atomic E-state index is 12.9.